The third kappa shape index (κ3) is 2.37. The molecule has 2 fully saturated rings. The summed E-state index contributed by atoms with van der Waals surface area (Å²) in [5.41, 5.74) is 4.07. The fourth-order valence-corrected chi connectivity index (χ4v) is 6.50. The molecule has 3 heteroatoms. The van der Waals surface area contributed by atoms with Crippen LogP contribution in [0.5, 0.6) is 0 Å². The minimum Gasteiger partial charge on any atom is -0.303 e. The van der Waals surface area contributed by atoms with Gasteiger partial charge in [-0.05, 0) is 86.9 Å². The molecular weight excluding hydrogens is 328 g/mol. The fraction of sp³-hybridized carbons (Fsp3) is 0.591. The van der Waals surface area contributed by atoms with Gasteiger partial charge in [0.25, 0.3) is 0 Å². The average molecular weight is 355 g/mol. The first-order valence-corrected chi connectivity index (χ1v) is 10.4. The highest BCUT2D eigenvalue weighted by atomic mass is 35.5. The highest BCUT2D eigenvalue weighted by molar-refractivity contribution is 6.31. The van der Waals surface area contributed by atoms with E-state index >= 15 is 0 Å². The standard InChI is InChI=1S/C22H27ClN2/c1-3-15-16-5-4-6-20-21(16)17(9-10-25(20)2)18-12-13-11-14(23)7-8-19(13)24-22(15)18/h7-8,11-12,15-17,20-21H,3-6,9-10H2,1-2H3/t15-,16-,17+,20-,21+/m0/s1. The van der Waals surface area contributed by atoms with Crippen LogP contribution in [0.2, 0.25) is 5.02 Å². The highest BCUT2D eigenvalue weighted by Gasteiger charge is 2.50. The molecule has 1 aliphatic heterocycles. The summed E-state index contributed by atoms with van der Waals surface area (Å²) in [6, 6.07) is 9.36. The van der Waals surface area contributed by atoms with Crippen LogP contribution in [0.4, 0.5) is 0 Å². The first kappa shape index (κ1) is 16.1. The smallest absolute Gasteiger partial charge is 0.0706 e. The number of rotatable bonds is 1. The molecule has 1 aromatic carbocycles. The zero-order valence-electron chi connectivity index (χ0n) is 15.2. The fourth-order valence-electron chi connectivity index (χ4n) is 6.32. The van der Waals surface area contributed by atoms with E-state index in [1.807, 2.05) is 6.07 Å². The lowest BCUT2D eigenvalue weighted by Crippen LogP contribution is -2.54. The van der Waals surface area contributed by atoms with Gasteiger partial charge in [-0.25, -0.2) is 0 Å². The lowest BCUT2D eigenvalue weighted by Gasteiger charge is -2.55. The summed E-state index contributed by atoms with van der Waals surface area (Å²) in [6.45, 7) is 3.58. The second-order valence-corrected chi connectivity index (χ2v) is 8.87. The van der Waals surface area contributed by atoms with Gasteiger partial charge < -0.3 is 4.90 Å². The van der Waals surface area contributed by atoms with Gasteiger partial charge in [-0.15, -0.1) is 0 Å². The Kier molecular flexibility index (Phi) is 3.83. The zero-order chi connectivity index (χ0) is 17.1. The number of hydrogen-bond acceptors (Lipinski definition) is 2. The number of pyridine rings is 1. The Bertz CT molecular complexity index is 817. The van der Waals surface area contributed by atoms with Crippen LogP contribution in [0.1, 0.15) is 62.1 Å². The predicted octanol–water partition coefficient (Wildman–Crippen LogP) is 5.60. The van der Waals surface area contributed by atoms with Crippen molar-refractivity contribution in [2.75, 3.05) is 13.6 Å². The minimum absolute atomic E-state index is 0.630. The summed E-state index contributed by atoms with van der Waals surface area (Å²) in [7, 11) is 2.35. The maximum absolute atomic E-state index is 6.26. The number of likely N-dealkylation sites (tertiary alicyclic amines) is 1. The van der Waals surface area contributed by atoms with Crippen LogP contribution in [-0.2, 0) is 0 Å². The van der Waals surface area contributed by atoms with Crippen molar-refractivity contribution < 1.29 is 0 Å². The van der Waals surface area contributed by atoms with Gasteiger partial charge in [0.2, 0.25) is 0 Å². The third-order valence-corrected chi connectivity index (χ3v) is 7.58. The molecule has 0 radical (unpaired) electrons. The van der Waals surface area contributed by atoms with E-state index in [1.165, 1.54) is 49.7 Å². The summed E-state index contributed by atoms with van der Waals surface area (Å²) in [5.74, 6) is 2.97. The normalized spacial score (nSPS) is 34.6. The molecule has 1 saturated heterocycles. The zero-order valence-corrected chi connectivity index (χ0v) is 16.0. The number of hydrogen-bond donors (Lipinski definition) is 0. The van der Waals surface area contributed by atoms with Crippen molar-refractivity contribution in [2.45, 2.75) is 56.9 Å². The lowest BCUT2D eigenvalue weighted by atomic mass is 9.56. The number of aromatic nitrogens is 1. The van der Waals surface area contributed by atoms with Gasteiger partial charge in [0, 0.05) is 28.1 Å². The van der Waals surface area contributed by atoms with Gasteiger partial charge in [-0.2, -0.15) is 0 Å². The molecule has 0 unspecified atom stereocenters. The van der Waals surface area contributed by atoms with Gasteiger partial charge in [0.15, 0.2) is 0 Å². The van der Waals surface area contributed by atoms with Gasteiger partial charge in [-0.1, -0.05) is 24.9 Å². The van der Waals surface area contributed by atoms with E-state index in [2.05, 4.69) is 37.1 Å². The summed E-state index contributed by atoms with van der Waals surface area (Å²) >= 11 is 6.26. The van der Waals surface area contributed by atoms with E-state index in [1.54, 1.807) is 5.56 Å². The Hall–Kier alpha value is -1.12. The molecule has 5 atom stereocenters. The van der Waals surface area contributed by atoms with Gasteiger partial charge >= 0.3 is 0 Å². The average Bonchev–Trinajstić information content (AvgIpc) is 2.63. The van der Waals surface area contributed by atoms with Gasteiger partial charge in [0.05, 0.1) is 5.52 Å². The second-order valence-electron chi connectivity index (χ2n) is 8.43. The molecule has 0 amide bonds. The van der Waals surface area contributed by atoms with Crippen molar-refractivity contribution in [3.8, 4) is 0 Å². The molecule has 1 saturated carbocycles. The van der Waals surface area contributed by atoms with E-state index < -0.39 is 0 Å². The molecule has 0 spiro atoms. The monoisotopic (exact) mass is 354 g/mol. The third-order valence-electron chi connectivity index (χ3n) is 7.34. The van der Waals surface area contributed by atoms with E-state index in [9.17, 15) is 0 Å². The Morgan fingerprint density at radius 2 is 2.08 bits per heavy atom. The summed E-state index contributed by atoms with van der Waals surface area (Å²) < 4.78 is 0. The lowest BCUT2D eigenvalue weighted by molar-refractivity contribution is 0.00557. The number of nitrogens with zero attached hydrogens (tertiary/aromatic N) is 2. The molecule has 5 rings (SSSR count). The summed E-state index contributed by atoms with van der Waals surface area (Å²) in [6.07, 6.45) is 6.66. The van der Waals surface area contributed by atoms with E-state index in [0.29, 0.717) is 11.8 Å². The first-order chi connectivity index (χ1) is 12.2. The Morgan fingerprint density at radius 1 is 1.20 bits per heavy atom. The second kappa shape index (κ2) is 5.96. The quantitative estimate of drug-likeness (QED) is 0.662. The van der Waals surface area contributed by atoms with Crippen LogP contribution >= 0.6 is 11.6 Å². The van der Waals surface area contributed by atoms with Crippen molar-refractivity contribution in [1.29, 1.82) is 0 Å². The molecular formula is C22H27ClN2. The molecule has 132 valence electrons. The molecule has 2 aromatic rings. The van der Waals surface area contributed by atoms with Crippen LogP contribution in [0.25, 0.3) is 10.9 Å². The number of halogens is 1. The van der Waals surface area contributed by atoms with Gasteiger partial charge in [-0.3, -0.25) is 4.98 Å². The predicted molar refractivity (Wildman–Crippen MR) is 104 cm³/mol. The maximum Gasteiger partial charge on any atom is 0.0706 e. The number of benzene rings is 1. The van der Waals surface area contributed by atoms with Crippen molar-refractivity contribution in [3.05, 3.63) is 40.5 Å². The molecule has 2 nitrogen and oxygen atoms in total. The molecule has 2 aliphatic carbocycles. The van der Waals surface area contributed by atoms with E-state index in [0.717, 1.165) is 28.4 Å². The van der Waals surface area contributed by atoms with Crippen LogP contribution in [0, 0.1) is 11.8 Å². The number of piperidine rings is 1. The number of fused-ring (bicyclic) bond motifs is 3. The summed E-state index contributed by atoms with van der Waals surface area (Å²) in [4.78, 5) is 7.84. The molecule has 0 N–H and O–H groups in total. The molecule has 25 heavy (non-hydrogen) atoms. The van der Waals surface area contributed by atoms with Gasteiger partial charge in [0.1, 0.15) is 0 Å². The molecule has 3 aliphatic rings. The topological polar surface area (TPSA) is 16.1 Å². The van der Waals surface area contributed by atoms with Crippen LogP contribution in [0.3, 0.4) is 0 Å². The van der Waals surface area contributed by atoms with Crippen LogP contribution in [0.15, 0.2) is 24.3 Å². The first-order valence-electron chi connectivity index (χ1n) is 9.97. The van der Waals surface area contributed by atoms with Crippen molar-refractivity contribution >= 4 is 22.5 Å². The Balaban J connectivity index is 1.71. The van der Waals surface area contributed by atoms with Crippen molar-refractivity contribution in [1.82, 2.24) is 9.88 Å². The molecule has 2 heterocycles. The minimum atomic E-state index is 0.630. The maximum atomic E-state index is 6.26. The largest absolute Gasteiger partial charge is 0.303 e. The molecule has 1 aromatic heterocycles. The van der Waals surface area contributed by atoms with E-state index in [4.69, 9.17) is 16.6 Å². The Morgan fingerprint density at radius 3 is 2.92 bits per heavy atom. The Labute approximate surface area is 155 Å². The summed E-state index contributed by atoms with van der Waals surface area (Å²) in [5, 5.41) is 2.03. The van der Waals surface area contributed by atoms with Crippen molar-refractivity contribution in [2.24, 2.45) is 11.8 Å². The van der Waals surface area contributed by atoms with Crippen LogP contribution in [-0.4, -0.2) is 29.5 Å². The highest BCUT2D eigenvalue weighted by Crippen LogP contribution is 2.56. The molecule has 0 bridgehead atoms. The van der Waals surface area contributed by atoms with Crippen molar-refractivity contribution in [3.63, 3.8) is 0 Å². The van der Waals surface area contributed by atoms with E-state index in [-0.39, 0.29) is 0 Å². The van der Waals surface area contributed by atoms with Crippen LogP contribution < -0.4 is 0 Å². The SMILES string of the molecule is CC[C@@H]1c2nc3ccc(Cl)cc3cc2[C@H]2CCN(C)[C@H]3CCC[C@@H]1[C@H]23.